The van der Waals surface area contributed by atoms with Crippen molar-refractivity contribution in [3.05, 3.63) is 71.3 Å². The second-order valence-corrected chi connectivity index (χ2v) is 7.79. The molecule has 5 nitrogen and oxygen atoms in total. The summed E-state index contributed by atoms with van der Waals surface area (Å²) in [5.41, 5.74) is 3.30. The Morgan fingerprint density at radius 3 is 2.63 bits per heavy atom. The van der Waals surface area contributed by atoms with Crippen LogP contribution in [0.25, 0.3) is 0 Å². The molecule has 0 spiro atoms. The van der Waals surface area contributed by atoms with Gasteiger partial charge in [-0.15, -0.1) is 0 Å². The molecule has 5 rings (SSSR count). The number of hydrogen-bond acceptors (Lipinski definition) is 5. The van der Waals surface area contributed by atoms with E-state index in [2.05, 4.69) is 12.1 Å². The highest BCUT2D eigenvalue weighted by Crippen LogP contribution is 2.51. The predicted octanol–water partition coefficient (Wildman–Crippen LogP) is 3.72. The fourth-order valence-corrected chi connectivity index (χ4v) is 4.30. The summed E-state index contributed by atoms with van der Waals surface area (Å²) in [6, 6.07) is 18.3. The highest BCUT2D eigenvalue weighted by molar-refractivity contribution is 5.33. The Hall–Kier alpha value is -1.76. The van der Waals surface area contributed by atoms with Crippen LogP contribution in [-0.2, 0) is 36.9 Å². The van der Waals surface area contributed by atoms with E-state index in [4.69, 9.17) is 23.7 Å². The van der Waals surface area contributed by atoms with E-state index in [1.165, 1.54) is 0 Å². The lowest BCUT2D eigenvalue weighted by atomic mass is 9.86. The van der Waals surface area contributed by atoms with Crippen LogP contribution in [0, 0.1) is 0 Å². The Morgan fingerprint density at radius 2 is 1.78 bits per heavy atom. The number of benzene rings is 2. The second-order valence-electron chi connectivity index (χ2n) is 7.79. The van der Waals surface area contributed by atoms with Gasteiger partial charge in [-0.25, -0.2) is 0 Å². The summed E-state index contributed by atoms with van der Waals surface area (Å²) < 4.78 is 31.4. The Morgan fingerprint density at radius 1 is 1.00 bits per heavy atom. The quantitative estimate of drug-likeness (QED) is 0.826. The van der Waals surface area contributed by atoms with Crippen LogP contribution in [0.5, 0.6) is 0 Å². The normalized spacial score (nSPS) is 33.8. The van der Waals surface area contributed by atoms with E-state index in [-0.39, 0.29) is 18.3 Å². The van der Waals surface area contributed by atoms with Crippen LogP contribution in [0.3, 0.4) is 0 Å². The molecule has 0 radical (unpaired) electrons. The Kier molecular flexibility index (Phi) is 4.11. The highest BCUT2D eigenvalue weighted by Gasteiger charge is 2.63. The SMILES string of the molecule is CC1(C)O[C@@H]2[C@@H](CO[C@H]3c4ccccc4CO[C@@]23OCc2ccccc2)O1. The van der Waals surface area contributed by atoms with E-state index in [0.717, 1.165) is 16.7 Å². The molecule has 0 unspecified atom stereocenters. The lowest BCUT2D eigenvalue weighted by molar-refractivity contribution is -0.372. The molecule has 0 amide bonds. The number of fused-ring (bicyclic) bond motifs is 5. The summed E-state index contributed by atoms with van der Waals surface area (Å²) in [5, 5.41) is 0. The molecule has 2 saturated heterocycles. The number of rotatable bonds is 3. The monoisotopic (exact) mass is 368 g/mol. The van der Waals surface area contributed by atoms with Crippen molar-refractivity contribution < 1.29 is 23.7 Å². The van der Waals surface area contributed by atoms with Crippen molar-refractivity contribution in [3.8, 4) is 0 Å². The minimum Gasteiger partial charge on any atom is -0.365 e. The molecule has 3 heterocycles. The van der Waals surface area contributed by atoms with Crippen molar-refractivity contribution in [3.63, 3.8) is 0 Å². The molecule has 3 aliphatic rings. The van der Waals surface area contributed by atoms with Crippen molar-refractivity contribution in [1.82, 2.24) is 0 Å². The van der Waals surface area contributed by atoms with Crippen LogP contribution in [0.2, 0.25) is 0 Å². The first kappa shape index (κ1) is 17.3. The summed E-state index contributed by atoms with van der Waals surface area (Å²) >= 11 is 0. The summed E-state index contributed by atoms with van der Waals surface area (Å²) in [5.74, 6) is -1.74. The van der Waals surface area contributed by atoms with E-state index in [0.29, 0.717) is 19.8 Å². The molecule has 0 aliphatic carbocycles. The fraction of sp³-hybridized carbons (Fsp3) is 0.455. The second kappa shape index (κ2) is 6.40. The number of ether oxygens (including phenoxy) is 5. The summed E-state index contributed by atoms with van der Waals surface area (Å²) in [4.78, 5) is 0. The molecule has 4 atom stereocenters. The molecule has 3 aliphatic heterocycles. The summed E-state index contributed by atoms with van der Waals surface area (Å²) in [7, 11) is 0. The third-order valence-corrected chi connectivity index (χ3v) is 5.47. The van der Waals surface area contributed by atoms with Crippen molar-refractivity contribution in [1.29, 1.82) is 0 Å². The summed E-state index contributed by atoms with van der Waals surface area (Å²) in [6.07, 6.45) is -0.939. The maximum absolute atomic E-state index is 6.47. The van der Waals surface area contributed by atoms with Gasteiger partial charge in [-0.05, 0) is 30.5 Å². The molecule has 27 heavy (non-hydrogen) atoms. The van der Waals surface area contributed by atoms with Crippen LogP contribution in [0.4, 0.5) is 0 Å². The smallest absolute Gasteiger partial charge is 0.229 e. The maximum Gasteiger partial charge on any atom is 0.229 e. The third-order valence-electron chi connectivity index (χ3n) is 5.47. The molecule has 2 aromatic rings. The Bertz CT molecular complexity index is 820. The van der Waals surface area contributed by atoms with Gasteiger partial charge in [-0.2, -0.15) is 0 Å². The van der Waals surface area contributed by atoms with E-state index < -0.39 is 11.6 Å². The predicted molar refractivity (Wildman–Crippen MR) is 97.7 cm³/mol. The zero-order valence-electron chi connectivity index (χ0n) is 15.6. The van der Waals surface area contributed by atoms with Crippen LogP contribution in [-0.4, -0.2) is 30.4 Å². The van der Waals surface area contributed by atoms with Gasteiger partial charge >= 0.3 is 0 Å². The van der Waals surface area contributed by atoms with E-state index in [1.54, 1.807) is 0 Å². The Balaban J connectivity index is 1.53. The van der Waals surface area contributed by atoms with Gasteiger partial charge in [0.2, 0.25) is 5.79 Å². The average molecular weight is 368 g/mol. The Labute approximate surface area is 159 Å². The molecule has 0 aromatic heterocycles. The van der Waals surface area contributed by atoms with Crippen molar-refractivity contribution >= 4 is 0 Å². The van der Waals surface area contributed by atoms with Gasteiger partial charge in [-0.3, -0.25) is 0 Å². The molecule has 0 bridgehead atoms. The van der Waals surface area contributed by atoms with Crippen LogP contribution >= 0.6 is 0 Å². The van der Waals surface area contributed by atoms with Gasteiger partial charge in [0.1, 0.15) is 18.3 Å². The molecule has 5 heteroatoms. The average Bonchev–Trinajstić information content (AvgIpc) is 3.02. The van der Waals surface area contributed by atoms with E-state index in [9.17, 15) is 0 Å². The van der Waals surface area contributed by atoms with Crippen LogP contribution in [0.1, 0.15) is 36.6 Å². The standard InChI is InChI=1S/C22H24O5/c1-21(2)26-18-14-23-19-17-11-7-6-10-16(17)13-25-22(19,20(18)27-21)24-12-15-8-4-3-5-9-15/h3-11,18-20H,12-14H2,1-2H3/t18-,19+,20-,22-/m1/s1. The van der Waals surface area contributed by atoms with E-state index >= 15 is 0 Å². The van der Waals surface area contributed by atoms with Gasteiger partial charge < -0.3 is 23.7 Å². The van der Waals surface area contributed by atoms with Gasteiger partial charge in [-0.1, -0.05) is 54.6 Å². The third kappa shape index (κ3) is 2.91. The zero-order chi connectivity index (χ0) is 18.5. The molecule has 142 valence electrons. The molecule has 2 aromatic carbocycles. The molecule has 0 N–H and O–H groups in total. The minimum atomic E-state index is -1.04. The highest BCUT2D eigenvalue weighted by atomic mass is 16.8. The lowest BCUT2D eigenvalue weighted by Gasteiger charge is -2.50. The summed E-state index contributed by atoms with van der Waals surface area (Å²) in [6.45, 7) is 5.16. The minimum absolute atomic E-state index is 0.225. The molecular formula is C22H24O5. The molecule has 2 fully saturated rings. The van der Waals surface area contributed by atoms with E-state index in [1.807, 2.05) is 56.3 Å². The van der Waals surface area contributed by atoms with Crippen LogP contribution in [0.15, 0.2) is 54.6 Å². The van der Waals surface area contributed by atoms with Gasteiger partial charge in [0.15, 0.2) is 5.79 Å². The van der Waals surface area contributed by atoms with Gasteiger partial charge in [0.05, 0.1) is 19.8 Å². The van der Waals surface area contributed by atoms with Crippen molar-refractivity contribution in [2.75, 3.05) is 6.61 Å². The first-order chi connectivity index (χ1) is 13.1. The molecule has 0 saturated carbocycles. The zero-order valence-corrected chi connectivity index (χ0v) is 15.6. The van der Waals surface area contributed by atoms with Crippen LogP contribution < -0.4 is 0 Å². The first-order valence-corrected chi connectivity index (χ1v) is 9.44. The lowest BCUT2D eigenvalue weighted by Crippen LogP contribution is -2.62. The first-order valence-electron chi connectivity index (χ1n) is 9.44. The maximum atomic E-state index is 6.47. The van der Waals surface area contributed by atoms with Crippen molar-refractivity contribution in [2.24, 2.45) is 0 Å². The number of hydrogen-bond donors (Lipinski definition) is 0. The van der Waals surface area contributed by atoms with Crippen molar-refractivity contribution in [2.45, 2.75) is 56.9 Å². The largest absolute Gasteiger partial charge is 0.365 e. The fourth-order valence-electron chi connectivity index (χ4n) is 4.30. The topological polar surface area (TPSA) is 46.2 Å². The van der Waals surface area contributed by atoms with Gasteiger partial charge in [0, 0.05) is 0 Å². The van der Waals surface area contributed by atoms with Gasteiger partial charge in [0.25, 0.3) is 0 Å². The molecular weight excluding hydrogens is 344 g/mol.